The predicted molar refractivity (Wildman–Crippen MR) is 80.2 cm³/mol. The third-order valence-electron chi connectivity index (χ3n) is 3.89. The van der Waals surface area contributed by atoms with Gasteiger partial charge in [-0.1, -0.05) is 6.07 Å². The Kier molecular flexibility index (Phi) is 4.56. The molecule has 2 aromatic rings. The second-order valence-corrected chi connectivity index (χ2v) is 5.43. The molecule has 1 fully saturated rings. The van der Waals surface area contributed by atoms with Crippen LogP contribution in [-0.2, 0) is 11.3 Å². The van der Waals surface area contributed by atoms with E-state index >= 15 is 0 Å². The number of aromatic nitrogens is 3. The zero-order chi connectivity index (χ0) is 17.3. The van der Waals surface area contributed by atoms with Crippen LogP contribution in [0.15, 0.2) is 46.2 Å². The molecule has 2 aromatic heterocycles. The van der Waals surface area contributed by atoms with Gasteiger partial charge in [-0.15, -0.1) is 0 Å². The number of hydrogen-bond acceptors (Lipinski definition) is 6. The maximum atomic E-state index is 14.2. The molecule has 1 saturated heterocycles. The van der Waals surface area contributed by atoms with Gasteiger partial charge in [-0.25, -0.2) is 9.18 Å². The molecule has 0 bridgehead atoms. The van der Waals surface area contributed by atoms with E-state index in [1.54, 1.807) is 18.2 Å². The SMILES string of the molecule is O=c1ccn([C@@H]2O[C@H](CO)[C@@H](O)[C@H]2F)c(=O)n1Cc1ccccn1. The first-order chi connectivity index (χ1) is 11.5. The molecule has 1 aliphatic heterocycles. The molecule has 1 aliphatic rings. The molecular formula is C15H16FN3O5. The van der Waals surface area contributed by atoms with Crippen molar-refractivity contribution in [2.24, 2.45) is 0 Å². The highest BCUT2D eigenvalue weighted by atomic mass is 19.1. The molecule has 3 rings (SSSR count). The van der Waals surface area contributed by atoms with Crippen LogP contribution in [0, 0.1) is 0 Å². The monoisotopic (exact) mass is 337 g/mol. The van der Waals surface area contributed by atoms with Crippen molar-refractivity contribution in [1.29, 1.82) is 0 Å². The normalized spacial score (nSPS) is 26.6. The van der Waals surface area contributed by atoms with Gasteiger partial charge in [-0.2, -0.15) is 0 Å². The van der Waals surface area contributed by atoms with E-state index in [4.69, 9.17) is 9.84 Å². The molecule has 0 aliphatic carbocycles. The molecule has 128 valence electrons. The Bertz CT molecular complexity index is 822. The lowest BCUT2D eigenvalue weighted by molar-refractivity contribution is -0.0496. The molecule has 0 spiro atoms. The number of aliphatic hydroxyl groups is 2. The van der Waals surface area contributed by atoms with E-state index in [-0.39, 0.29) is 6.54 Å². The van der Waals surface area contributed by atoms with Gasteiger partial charge in [0.2, 0.25) is 0 Å². The first-order valence-electron chi connectivity index (χ1n) is 7.33. The van der Waals surface area contributed by atoms with Crippen molar-refractivity contribution in [2.45, 2.75) is 31.2 Å². The summed E-state index contributed by atoms with van der Waals surface area (Å²) in [6.07, 6.45) is -3.36. The summed E-state index contributed by atoms with van der Waals surface area (Å²) in [4.78, 5) is 28.6. The highest BCUT2D eigenvalue weighted by Crippen LogP contribution is 2.30. The molecule has 8 nitrogen and oxygen atoms in total. The van der Waals surface area contributed by atoms with Crippen molar-refractivity contribution < 1.29 is 19.3 Å². The van der Waals surface area contributed by atoms with Crippen molar-refractivity contribution in [3.63, 3.8) is 0 Å². The van der Waals surface area contributed by atoms with E-state index in [1.165, 1.54) is 6.20 Å². The maximum absolute atomic E-state index is 14.2. The van der Waals surface area contributed by atoms with Crippen molar-refractivity contribution in [2.75, 3.05) is 6.61 Å². The quantitative estimate of drug-likeness (QED) is 0.744. The Morgan fingerprint density at radius 1 is 1.29 bits per heavy atom. The van der Waals surface area contributed by atoms with Crippen LogP contribution in [0.5, 0.6) is 0 Å². The molecule has 0 radical (unpaired) electrons. The summed E-state index contributed by atoms with van der Waals surface area (Å²) in [5.74, 6) is 0. The molecule has 2 N–H and O–H groups in total. The van der Waals surface area contributed by atoms with Crippen LogP contribution in [-0.4, -0.2) is 49.3 Å². The van der Waals surface area contributed by atoms with Crippen molar-refractivity contribution >= 4 is 0 Å². The number of halogens is 1. The fourth-order valence-corrected chi connectivity index (χ4v) is 2.60. The summed E-state index contributed by atoms with van der Waals surface area (Å²) in [5, 5.41) is 18.8. The van der Waals surface area contributed by atoms with Gasteiger partial charge in [0.1, 0.15) is 12.2 Å². The number of aliphatic hydroxyl groups excluding tert-OH is 2. The van der Waals surface area contributed by atoms with Gasteiger partial charge in [0.05, 0.1) is 18.8 Å². The predicted octanol–water partition coefficient (Wildman–Crippen LogP) is -0.958. The van der Waals surface area contributed by atoms with Crippen LogP contribution < -0.4 is 11.2 Å². The lowest BCUT2D eigenvalue weighted by atomic mass is 10.1. The molecule has 9 heteroatoms. The maximum Gasteiger partial charge on any atom is 0.333 e. The summed E-state index contributed by atoms with van der Waals surface area (Å²) >= 11 is 0. The van der Waals surface area contributed by atoms with E-state index in [9.17, 15) is 19.1 Å². The van der Waals surface area contributed by atoms with Gasteiger partial charge < -0.3 is 14.9 Å². The molecule has 0 unspecified atom stereocenters. The first-order valence-corrected chi connectivity index (χ1v) is 7.33. The summed E-state index contributed by atoms with van der Waals surface area (Å²) < 4.78 is 21.2. The van der Waals surface area contributed by atoms with Crippen LogP contribution in [0.1, 0.15) is 11.9 Å². The fraction of sp³-hybridized carbons (Fsp3) is 0.400. The summed E-state index contributed by atoms with van der Waals surface area (Å²) in [5.41, 5.74) is -0.854. The van der Waals surface area contributed by atoms with Gasteiger partial charge in [0.25, 0.3) is 5.56 Å². The van der Waals surface area contributed by atoms with Crippen LogP contribution >= 0.6 is 0 Å². The number of pyridine rings is 1. The second-order valence-electron chi connectivity index (χ2n) is 5.43. The summed E-state index contributed by atoms with van der Waals surface area (Å²) in [6.45, 7) is -0.657. The largest absolute Gasteiger partial charge is 0.394 e. The minimum atomic E-state index is -1.90. The summed E-state index contributed by atoms with van der Waals surface area (Å²) in [6, 6.07) is 6.18. The van der Waals surface area contributed by atoms with Gasteiger partial charge in [-0.05, 0) is 12.1 Å². The first kappa shape index (κ1) is 16.5. The van der Waals surface area contributed by atoms with Gasteiger partial charge >= 0.3 is 5.69 Å². The van der Waals surface area contributed by atoms with E-state index < -0.39 is 42.5 Å². The van der Waals surface area contributed by atoms with Crippen LogP contribution in [0.25, 0.3) is 0 Å². The Labute approximate surface area is 135 Å². The summed E-state index contributed by atoms with van der Waals surface area (Å²) in [7, 11) is 0. The Morgan fingerprint density at radius 2 is 2.08 bits per heavy atom. The molecular weight excluding hydrogens is 321 g/mol. The van der Waals surface area contributed by atoms with Crippen molar-refractivity contribution in [3.8, 4) is 0 Å². The van der Waals surface area contributed by atoms with E-state index in [2.05, 4.69) is 4.98 Å². The number of ether oxygens (including phenoxy) is 1. The van der Waals surface area contributed by atoms with Crippen molar-refractivity contribution in [3.05, 3.63) is 63.2 Å². The minimum absolute atomic E-state index is 0.0744. The third-order valence-corrected chi connectivity index (χ3v) is 3.89. The molecule has 3 heterocycles. The Balaban J connectivity index is 1.98. The molecule has 0 amide bonds. The highest BCUT2D eigenvalue weighted by Gasteiger charge is 2.45. The van der Waals surface area contributed by atoms with Gasteiger partial charge in [0, 0.05) is 18.5 Å². The van der Waals surface area contributed by atoms with E-state index in [1.807, 2.05) is 0 Å². The van der Waals surface area contributed by atoms with Crippen molar-refractivity contribution in [1.82, 2.24) is 14.1 Å². The number of rotatable bonds is 4. The molecule has 0 saturated carbocycles. The molecule has 0 aromatic carbocycles. The average molecular weight is 337 g/mol. The Hall–Kier alpha value is -2.36. The topological polar surface area (TPSA) is 107 Å². The zero-order valence-corrected chi connectivity index (χ0v) is 12.5. The Morgan fingerprint density at radius 3 is 2.71 bits per heavy atom. The zero-order valence-electron chi connectivity index (χ0n) is 12.5. The minimum Gasteiger partial charge on any atom is -0.394 e. The lowest BCUT2D eigenvalue weighted by Gasteiger charge is -2.17. The number of hydrogen-bond donors (Lipinski definition) is 2. The van der Waals surface area contributed by atoms with E-state index in [0.717, 1.165) is 21.4 Å². The molecule has 4 atom stereocenters. The number of nitrogens with zero attached hydrogens (tertiary/aromatic N) is 3. The van der Waals surface area contributed by atoms with Crippen LogP contribution in [0.4, 0.5) is 4.39 Å². The average Bonchev–Trinajstić information content (AvgIpc) is 2.88. The lowest BCUT2D eigenvalue weighted by Crippen LogP contribution is -2.42. The van der Waals surface area contributed by atoms with Crippen LogP contribution in [0.2, 0.25) is 0 Å². The molecule has 24 heavy (non-hydrogen) atoms. The van der Waals surface area contributed by atoms with Gasteiger partial charge in [0.15, 0.2) is 12.4 Å². The fourth-order valence-electron chi connectivity index (χ4n) is 2.60. The second kappa shape index (κ2) is 6.63. The third kappa shape index (κ3) is 2.88. The van der Waals surface area contributed by atoms with Crippen LogP contribution in [0.3, 0.4) is 0 Å². The van der Waals surface area contributed by atoms with Gasteiger partial charge in [-0.3, -0.25) is 18.9 Å². The van der Waals surface area contributed by atoms with E-state index in [0.29, 0.717) is 5.69 Å². The highest BCUT2D eigenvalue weighted by molar-refractivity contribution is 5.05. The standard InChI is InChI=1S/C15H16FN3O5/c16-12-13(22)10(8-20)24-14(12)18-6-4-11(21)19(15(18)23)7-9-3-1-2-5-17-9/h1-6,10,12-14,20,22H,7-8H2/t10-,12-,13-,14-/m1/s1. The number of alkyl halides is 1. The smallest absolute Gasteiger partial charge is 0.333 e.